The van der Waals surface area contributed by atoms with Crippen LogP contribution in [0.5, 0.6) is 0 Å². The van der Waals surface area contributed by atoms with Crippen molar-refractivity contribution in [2.24, 2.45) is 0 Å². The fourth-order valence-electron chi connectivity index (χ4n) is 2.76. The number of anilines is 1. The van der Waals surface area contributed by atoms with Crippen LogP contribution in [-0.2, 0) is 5.75 Å². The highest BCUT2D eigenvalue weighted by Crippen LogP contribution is 2.28. The minimum Gasteiger partial charge on any atom is -0.365 e. The SMILES string of the molecule is Cl.Cl.O=c1[nH]c2nc(SCc3cccc(F)c3F)nc(N[C@@H]3CCNC3)c2s1. The van der Waals surface area contributed by atoms with Crippen molar-refractivity contribution in [3.8, 4) is 0 Å². The Labute approximate surface area is 179 Å². The molecule has 28 heavy (non-hydrogen) atoms. The Bertz CT molecular complexity index is 1010. The molecule has 1 aromatic carbocycles. The number of thiazole rings is 1. The van der Waals surface area contributed by atoms with Crippen molar-refractivity contribution in [2.45, 2.75) is 23.4 Å². The van der Waals surface area contributed by atoms with Crippen LogP contribution in [0.15, 0.2) is 28.2 Å². The van der Waals surface area contributed by atoms with Gasteiger partial charge in [0.1, 0.15) is 4.70 Å². The van der Waals surface area contributed by atoms with Crippen LogP contribution in [0.4, 0.5) is 14.6 Å². The van der Waals surface area contributed by atoms with E-state index in [2.05, 4.69) is 25.6 Å². The molecule has 152 valence electrons. The molecule has 1 saturated heterocycles. The van der Waals surface area contributed by atoms with Gasteiger partial charge in [-0.2, -0.15) is 0 Å². The van der Waals surface area contributed by atoms with Gasteiger partial charge >= 0.3 is 4.87 Å². The quantitative estimate of drug-likeness (QED) is 0.393. The molecule has 0 unspecified atom stereocenters. The summed E-state index contributed by atoms with van der Waals surface area (Å²) >= 11 is 2.24. The lowest BCUT2D eigenvalue weighted by atomic mass is 10.2. The van der Waals surface area contributed by atoms with Gasteiger partial charge in [-0.25, -0.2) is 18.7 Å². The number of benzene rings is 1. The topological polar surface area (TPSA) is 82.7 Å². The monoisotopic (exact) mass is 467 g/mol. The average molecular weight is 468 g/mol. The number of hydrogen-bond acceptors (Lipinski definition) is 7. The van der Waals surface area contributed by atoms with E-state index in [0.29, 0.717) is 21.3 Å². The molecule has 4 rings (SSSR count). The van der Waals surface area contributed by atoms with E-state index < -0.39 is 11.6 Å². The molecule has 0 aliphatic carbocycles. The van der Waals surface area contributed by atoms with Gasteiger partial charge in [0.15, 0.2) is 28.3 Å². The van der Waals surface area contributed by atoms with Crippen molar-refractivity contribution < 1.29 is 8.78 Å². The van der Waals surface area contributed by atoms with Crippen molar-refractivity contribution in [1.29, 1.82) is 0 Å². The smallest absolute Gasteiger partial charge is 0.306 e. The van der Waals surface area contributed by atoms with E-state index in [4.69, 9.17) is 0 Å². The van der Waals surface area contributed by atoms with E-state index in [1.165, 1.54) is 23.9 Å². The third kappa shape index (κ3) is 4.93. The van der Waals surface area contributed by atoms with E-state index in [0.717, 1.165) is 36.9 Å². The molecule has 0 radical (unpaired) electrons. The summed E-state index contributed by atoms with van der Waals surface area (Å²) in [6.45, 7) is 1.75. The molecule has 0 spiro atoms. The van der Waals surface area contributed by atoms with Gasteiger partial charge in [0.25, 0.3) is 0 Å². The van der Waals surface area contributed by atoms with Crippen LogP contribution < -0.4 is 15.5 Å². The molecule has 12 heteroatoms. The van der Waals surface area contributed by atoms with Gasteiger partial charge in [-0.15, -0.1) is 24.8 Å². The standard InChI is InChI=1S/C16H15F2N5OS2.2ClH/c17-10-3-1-2-8(11(10)18)7-25-15-21-13(20-9-4-5-19-6-9)12-14(22-15)23-16(24)26-12;;/h1-3,9,19H,4-7H2,(H2,20,21,22,23,24);2*1H/t9-;;/m1../s1. The normalized spacial score (nSPS) is 15.9. The van der Waals surface area contributed by atoms with Crippen molar-refractivity contribution in [2.75, 3.05) is 18.4 Å². The Balaban J connectivity index is 0.00000140. The molecule has 1 aliphatic rings. The Morgan fingerprint density at radius 1 is 1.29 bits per heavy atom. The van der Waals surface area contributed by atoms with Gasteiger partial charge in [0.05, 0.1) is 0 Å². The van der Waals surface area contributed by atoms with Crippen molar-refractivity contribution in [3.05, 3.63) is 45.1 Å². The van der Waals surface area contributed by atoms with E-state index in [1.807, 2.05) is 0 Å². The lowest BCUT2D eigenvalue weighted by Crippen LogP contribution is -2.22. The molecule has 0 saturated carbocycles. The van der Waals surface area contributed by atoms with Crippen molar-refractivity contribution in [3.63, 3.8) is 0 Å². The number of nitrogens with zero attached hydrogens (tertiary/aromatic N) is 2. The molecule has 1 atom stereocenters. The lowest BCUT2D eigenvalue weighted by molar-refractivity contribution is 0.502. The molecule has 3 aromatic rings. The van der Waals surface area contributed by atoms with Crippen LogP contribution in [0.1, 0.15) is 12.0 Å². The highest BCUT2D eigenvalue weighted by molar-refractivity contribution is 7.98. The summed E-state index contributed by atoms with van der Waals surface area (Å²) in [7, 11) is 0. The molecule has 3 N–H and O–H groups in total. The van der Waals surface area contributed by atoms with E-state index in [-0.39, 0.29) is 47.0 Å². The van der Waals surface area contributed by atoms with Crippen LogP contribution >= 0.6 is 47.9 Å². The largest absolute Gasteiger partial charge is 0.365 e. The molecule has 1 fully saturated rings. The highest BCUT2D eigenvalue weighted by Gasteiger charge is 2.19. The number of nitrogens with one attached hydrogen (secondary N) is 3. The Morgan fingerprint density at radius 2 is 2.11 bits per heavy atom. The summed E-state index contributed by atoms with van der Waals surface area (Å²) in [5.41, 5.74) is 0.692. The van der Waals surface area contributed by atoms with Gasteiger partial charge in [0.2, 0.25) is 0 Å². The average Bonchev–Trinajstić information content (AvgIpc) is 3.25. The molecule has 2 aromatic heterocycles. The van der Waals surface area contributed by atoms with Gasteiger partial charge in [-0.3, -0.25) is 9.78 Å². The second-order valence-corrected chi connectivity index (χ2v) is 7.81. The predicted octanol–water partition coefficient (Wildman–Crippen LogP) is 3.57. The summed E-state index contributed by atoms with van der Waals surface area (Å²) < 4.78 is 27.8. The number of thioether (sulfide) groups is 1. The van der Waals surface area contributed by atoms with Crippen LogP contribution in [0, 0.1) is 11.6 Å². The van der Waals surface area contributed by atoms with Gasteiger partial charge in [0, 0.05) is 23.9 Å². The fourth-order valence-corrected chi connectivity index (χ4v) is 4.31. The number of rotatable bonds is 5. The zero-order valence-electron chi connectivity index (χ0n) is 14.3. The zero-order valence-corrected chi connectivity index (χ0v) is 17.6. The van der Waals surface area contributed by atoms with Crippen LogP contribution in [-0.4, -0.2) is 34.1 Å². The lowest BCUT2D eigenvalue weighted by Gasteiger charge is -2.13. The second kappa shape index (κ2) is 9.84. The number of hydrogen-bond donors (Lipinski definition) is 3. The summed E-state index contributed by atoms with van der Waals surface area (Å²) in [5.74, 6) is -0.958. The summed E-state index contributed by atoms with van der Waals surface area (Å²) in [6, 6.07) is 4.30. The highest BCUT2D eigenvalue weighted by atomic mass is 35.5. The summed E-state index contributed by atoms with van der Waals surface area (Å²) in [6.07, 6.45) is 0.960. The van der Waals surface area contributed by atoms with E-state index >= 15 is 0 Å². The second-order valence-electron chi connectivity index (χ2n) is 5.88. The maximum atomic E-state index is 13.8. The first-order valence-corrected chi connectivity index (χ1v) is 9.84. The first kappa shape index (κ1) is 22.8. The molecule has 3 heterocycles. The number of aromatic nitrogens is 3. The molecule has 6 nitrogen and oxygen atoms in total. The van der Waals surface area contributed by atoms with E-state index in [9.17, 15) is 13.6 Å². The maximum absolute atomic E-state index is 13.8. The third-order valence-corrected chi connectivity index (χ3v) is 5.82. The Hall–Kier alpha value is -1.46. The fraction of sp³-hybridized carbons (Fsp3) is 0.312. The minimum absolute atomic E-state index is 0. The summed E-state index contributed by atoms with van der Waals surface area (Å²) in [5, 5.41) is 7.00. The van der Waals surface area contributed by atoms with Crippen LogP contribution in [0.3, 0.4) is 0 Å². The van der Waals surface area contributed by atoms with E-state index in [1.54, 1.807) is 0 Å². The molecule has 1 aliphatic heterocycles. The zero-order chi connectivity index (χ0) is 18.1. The number of aromatic amines is 1. The Kier molecular flexibility index (Phi) is 8.02. The first-order chi connectivity index (χ1) is 12.6. The van der Waals surface area contributed by atoms with Gasteiger partial charge in [-0.1, -0.05) is 35.2 Å². The Morgan fingerprint density at radius 3 is 2.86 bits per heavy atom. The molecular formula is C16H17Cl2F2N5OS2. The molecular weight excluding hydrogens is 451 g/mol. The number of H-pyrrole nitrogens is 1. The predicted molar refractivity (Wildman–Crippen MR) is 113 cm³/mol. The number of fused-ring (bicyclic) bond motifs is 1. The van der Waals surface area contributed by atoms with Crippen LogP contribution in [0.2, 0.25) is 0 Å². The number of halogens is 4. The first-order valence-electron chi connectivity index (χ1n) is 8.04. The molecule has 0 bridgehead atoms. The maximum Gasteiger partial charge on any atom is 0.306 e. The van der Waals surface area contributed by atoms with Gasteiger partial charge < -0.3 is 10.6 Å². The van der Waals surface area contributed by atoms with Crippen molar-refractivity contribution in [1.82, 2.24) is 20.3 Å². The summed E-state index contributed by atoms with van der Waals surface area (Å²) in [4.78, 5) is 23.0. The van der Waals surface area contributed by atoms with Crippen LogP contribution in [0.25, 0.3) is 10.3 Å². The van der Waals surface area contributed by atoms with Crippen molar-refractivity contribution >= 4 is 64.1 Å². The third-order valence-electron chi connectivity index (χ3n) is 4.05. The molecule has 0 amide bonds. The van der Waals surface area contributed by atoms with Gasteiger partial charge in [-0.05, 0) is 19.0 Å². The minimum atomic E-state index is -0.877.